The molecule has 1 saturated heterocycles. The van der Waals surface area contributed by atoms with Crippen molar-refractivity contribution < 1.29 is 22.7 Å². The van der Waals surface area contributed by atoms with Crippen LogP contribution in [0, 0.1) is 5.92 Å². The molecule has 10 nitrogen and oxygen atoms in total. The molecule has 0 spiro atoms. The number of nitrogens with zero attached hydrogens (tertiary/aromatic N) is 5. The van der Waals surface area contributed by atoms with Gasteiger partial charge in [0.25, 0.3) is 5.56 Å². The third-order valence-corrected chi connectivity index (χ3v) is 7.17. The number of fused-ring (bicyclic) bond motifs is 1. The Morgan fingerprint density at radius 3 is 2.27 bits per heavy atom. The van der Waals surface area contributed by atoms with Crippen molar-refractivity contribution in [2.45, 2.75) is 52.4 Å². The van der Waals surface area contributed by atoms with Gasteiger partial charge in [-0.05, 0) is 43.2 Å². The summed E-state index contributed by atoms with van der Waals surface area (Å²) in [4.78, 5) is 46.3. The second-order valence-corrected chi connectivity index (χ2v) is 10.1. The highest BCUT2D eigenvalue weighted by Crippen LogP contribution is 2.35. The fraction of sp³-hybridized carbons (Fsp3) is 0.429. The summed E-state index contributed by atoms with van der Waals surface area (Å²) in [5.41, 5.74) is 0.0233. The van der Waals surface area contributed by atoms with Crippen LogP contribution in [0.4, 0.5) is 36.1 Å². The summed E-state index contributed by atoms with van der Waals surface area (Å²) < 4.78 is 47.3. The van der Waals surface area contributed by atoms with Crippen molar-refractivity contribution in [2.24, 2.45) is 5.92 Å². The van der Waals surface area contributed by atoms with E-state index in [4.69, 9.17) is 4.74 Å². The summed E-state index contributed by atoms with van der Waals surface area (Å²) >= 11 is 0. The molecule has 0 bridgehead atoms. The molecule has 0 saturated carbocycles. The fourth-order valence-electron chi connectivity index (χ4n) is 5.21. The molecule has 1 fully saturated rings. The SMILES string of the molecule is CCCn1c2c(c(=O)n(CCC)c1=O)NCN2c1ccc(OCC2CC(=O)N(c3ccc(C(F)(F)F)cc3)C2)nc1. The minimum absolute atomic E-state index is 0.158. The van der Waals surface area contributed by atoms with Gasteiger partial charge in [0.2, 0.25) is 11.8 Å². The molecule has 1 unspecified atom stereocenters. The number of anilines is 4. The lowest BCUT2D eigenvalue weighted by molar-refractivity contribution is -0.137. The molecule has 218 valence electrons. The van der Waals surface area contributed by atoms with Gasteiger partial charge < -0.3 is 19.9 Å². The predicted octanol–water partition coefficient (Wildman–Crippen LogP) is 4.20. The van der Waals surface area contributed by atoms with Crippen LogP contribution in [0.15, 0.2) is 52.2 Å². The first-order chi connectivity index (χ1) is 19.6. The Labute approximate surface area is 234 Å². The number of ether oxygens (including phenoxy) is 1. The lowest BCUT2D eigenvalue weighted by atomic mass is 10.1. The molecule has 1 amide bonds. The smallest absolute Gasteiger partial charge is 0.416 e. The summed E-state index contributed by atoms with van der Waals surface area (Å²) in [6.07, 6.45) is -1.25. The first-order valence-electron chi connectivity index (χ1n) is 13.6. The lowest BCUT2D eigenvalue weighted by Gasteiger charge is -2.22. The molecular formula is C28H31F3N6O4. The molecule has 1 N–H and O–H groups in total. The number of aromatic nitrogens is 3. The molecule has 13 heteroatoms. The molecule has 0 radical (unpaired) electrons. The van der Waals surface area contributed by atoms with Crippen molar-refractivity contribution in [2.75, 3.05) is 34.9 Å². The standard InChI is InChI=1S/C28H31F3N6O4/c1-3-11-34-25-24(26(39)35(12-4-2)27(34)40)33-17-37(25)21-9-10-22(32-14-21)41-16-18-13-23(38)36(15-18)20-7-5-19(6-8-20)28(29,30)31/h5-10,14,18,33H,3-4,11-13,15-17H2,1-2H3. The highest BCUT2D eigenvalue weighted by molar-refractivity contribution is 5.95. The molecule has 5 rings (SSSR count). The number of hydrogen-bond donors (Lipinski definition) is 1. The Morgan fingerprint density at radius 1 is 0.951 bits per heavy atom. The van der Waals surface area contributed by atoms with E-state index >= 15 is 0 Å². The van der Waals surface area contributed by atoms with Crippen molar-refractivity contribution in [1.29, 1.82) is 0 Å². The number of pyridine rings is 1. The highest BCUT2D eigenvalue weighted by Gasteiger charge is 2.34. The van der Waals surface area contributed by atoms with E-state index in [1.54, 1.807) is 22.9 Å². The van der Waals surface area contributed by atoms with Gasteiger partial charge in [-0.15, -0.1) is 0 Å². The maximum Gasteiger partial charge on any atom is 0.416 e. The van der Waals surface area contributed by atoms with Crippen LogP contribution in [0.5, 0.6) is 5.88 Å². The molecule has 4 heterocycles. The van der Waals surface area contributed by atoms with E-state index in [1.165, 1.54) is 21.6 Å². The monoisotopic (exact) mass is 572 g/mol. The minimum atomic E-state index is -4.44. The van der Waals surface area contributed by atoms with Crippen LogP contribution in [0.1, 0.15) is 38.7 Å². The second-order valence-electron chi connectivity index (χ2n) is 10.1. The van der Waals surface area contributed by atoms with Crippen molar-refractivity contribution in [3.05, 3.63) is 69.0 Å². The van der Waals surface area contributed by atoms with Gasteiger partial charge in [0, 0.05) is 43.7 Å². The minimum Gasteiger partial charge on any atom is -0.477 e. The Balaban J connectivity index is 1.26. The van der Waals surface area contributed by atoms with Crippen LogP contribution in [-0.4, -0.2) is 39.8 Å². The molecule has 2 aliphatic rings. The molecule has 2 aromatic heterocycles. The van der Waals surface area contributed by atoms with E-state index in [-0.39, 0.29) is 36.1 Å². The van der Waals surface area contributed by atoms with Gasteiger partial charge in [-0.3, -0.25) is 18.7 Å². The molecule has 0 aliphatic carbocycles. The van der Waals surface area contributed by atoms with Crippen LogP contribution < -0.4 is 31.1 Å². The zero-order valence-electron chi connectivity index (χ0n) is 22.8. The maximum absolute atomic E-state index is 13.1. The van der Waals surface area contributed by atoms with Crippen LogP contribution in [-0.2, 0) is 24.1 Å². The maximum atomic E-state index is 13.1. The number of alkyl halides is 3. The second kappa shape index (κ2) is 11.3. The number of nitrogens with one attached hydrogen (secondary N) is 1. The van der Waals surface area contributed by atoms with Gasteiger partial charge >= 0.3 is 11.9 Å². The summed E-state index contributed by atoms with van der Waals surface area (Å²) in [7, 11) is 0. The van der Waals surface area contributed by atoms with E-state index in [0.717, 1.165) is 18.6 Å². The van der Waals surface area contributed by atoms with Gasteiger partial charge in [-0.25, -0.2) is 9.78 Å². The number of benzene rings is 1. The number of rotatable bonds is 9. The summed E-state index contributed by atoms with van der Waals surface area (Å²) in [6, 6.07) is 8.00. The van der Waals surface area contributed by atoms with Crippen LogP contribution in [0.2, 0.25) is 0 Å². The van der Waals surface area contributed by atoms with E-state index in [9.17, 15) is 27.6 Å². The van der Waals surface area contributed by atoms with Crippen molar-refractivity contribution in [3.8, 4) is 5.88 Å². The van der Waals surface area contributed by atoms with Crippen LogP contribution in [0.25, 0.3) is 0 Å². The summed E-state index contributed by atoms with van der Waals surface area (Å²) in [5.74, 6) is 0.510. The Morgan fingerprint density at radius 2 is 1.63 bits per heavy atom. The van der Waals surface area contributed by atoms with Gasteiger partial charge in [0.15, 0.2) is 0 Å². The van der Waals surface area contributed by atoms with E-state index in [2.05, 4.69) is 10.3 Å². The quantitative estimate of drug-likeness (QED) is 0.410. The van der Waals surface area contributed by atoms with Gasteiger partial charge in [0.05, 0.1) is 30.7 Å². The van der Waals surface area contributed by atoms with E-state index in [1.807, 2.05) is 18.7 Å². The highest BCUT2D eigenvalue weighted by atomic mass is 19.4. The van der Waals surface area contributed by atoms with Gasteiger partial charge in [-0.1, -0.05) is 13.8 Å². The average molecular weight is 573 g/mol. The number of carbonyl (C=O) groups excluding carboxylic acids is 1. The zero-order chi connectivity index (χ0) is 29.3. The van der Waals surface area contributed by atoms with E-state index in [0.29, 0.717) is 61.5 Å². The summed E-state index contributed by atoms with van der Waals surface area (Å²) in [6.45, 7) is 5.52. The topological polar surface area (TPSA) is 102 Å². The first-order valence-corrected chi connectivity index (χ1v) is 13.6. The van der Waals surface area contributed by atoms with Gasteiger partial charge in [0.1, 0.15) is 11.5 Å². The normalized spacial score (nSPS) is 16.7. The van der Waals surface area contributed by atoms with Crippen LogP contribution >= 0.6 is 0 Å². The largest absolute Gasteiger partial charge is 0.477 e. The Hall–Kier alpha value is -4.29. The van der Waals surface area contributed by atoms with Gasteiger partial charge in [-0.2, -0.15) is 13.2 Å². The Bertz CT molecular complexity index is 1530. The third-order valence-electron chi connectivity index (χ3n) is 7.17. The zero-order valence-corrected chi connectivity index (χ0v) is 22.8. The molecule has 1 atom stereocenters. The number of amides is 1. The van der Waals surface area contributed by atoms with E-state index < -0.39 is 11.7 Å². The Kier molecular flexibility index (Phi) is 7.78. The van der Waals surface area contributed by atoms with Crippen molar-refractivity contribution >= 4 is 28.8 Å². The number of carbonyl (C=O) groups is 1. The van der Waals surface area contributed by atoms with Crippen molar-refractivity contribution in [3.63, 3.8) is 0 Å². The predicted molar refractivity (Wildman–Crippen MR) is 148 cm³/mol. The summed E-state index contributed by atoms with van der Waals surface area (Å²) in [5, 5.41) is 3.13. The first kappa shape index (κ1) is 28.2. The fourth-order valence-corrected chi connectivity index (χ4v) is 5.21. The molecule has 41 heavy (non-hydrogen) atoms. The molecule has 2 aliphatic heterocycles. The molecule has 3 aromatic rings. The molecular weight excluding hydrogens is 541 g/mol. The third kappa shape index (κ3) is 5.52. The average Bonchev–Trinajstić information content (AvgIpc) is 3.56. The van der Waals surface area contributed by atoms with Crippen LogP contribution in [0.3, 0.4) is 0 Å². The number of halogens is 3. The molecule has 1 aromatic carbocycles. The van der Waals surface area contributed by atoms with Crippen molar-refractivity contribution in [1.82, 2.24) is 14.1 Å². The number of hydrogen-bond acceptors (Lipinski definition) is 7. The lowest BCUT2D eigenvalue weighted by Crippen LogP contribution is -2.41.